The Morgan fingerprint density at radius 1 is 0.673 bits per heavy atom. The van der Waals surface area contributed by atoms with Crippen molar-refractivity contribution in [2.24, 2.45) is 23.7 Å². The maximum Gasteiger partial charge on any atom is 0.335 e. The molecule has 2 saturated carbocycles. The Morgan fingerprint density at radius 2 is 1.10 bits per heavy atom. The number of aromatic carboxylic acids is 1. The van der Waals surface area contributed by atoms with Gasteiger partial charge in [-0.1, -0.05) is 36.4 Å². The first-order valence-corrected chi connectivity index (χ1v) is 16.8. The van der Waals surface area contributed by atoms with E-state index in [9.17, 15) is 9.59 Å². The van der Waals surface area contributed by atoms with Crippen molar-refractivity contribution < 1.29 is 24.2 Å². The number of hydrogen-bond acceptors (Lipinski definition) is 7. The number of nitrogen functional groups attached to an aromatic ring is 2. The van der Waals surface area contributed by atoms with E-state index in [-0.39, 0.29) is 11.5 Å². The fraction of sp³-hybridized carbons (Fsp3) is 0.350. The van der Waals surface area contributed by atoms with Crippen LogP contribution >= 0.6 is 0 Å². The predicted molar refractivity (Wildman–Crippen MR) is 192 cm³/mol. The number of aryl methyl sites for hydroxylation is 2. The first kappa shape index (κ1) is 33.9. The van der Waals surface area contributed by atoms with Crippen LogP contribution in [0, 0.1) is 37.5 Å². The monoisotopic (exact) mass is 662 g/mol. The topological polar surface area (TPSA) is 140 Å². The van der Waals surface area contributed by atoms with Crippen molar-refractivity contribution in [2.45, 2.75) is 25.7 Å². The number of carboxylic acid groups (broad SMARTS) is 1. The molecule has 1 amide bonds. The number of piperidine rings is 2. The van der Waals surface area contributed by atoms with Crippen LogP contribution in [0.3, 0.4) is 0 Å². The summed E-state index contributed by atoms with van der Waals surface area (Å²) >= 11 is 0. The van der Waals surface area contributed by atoms with E-state index in [2.05, 4.69) is 41.7 Å². The molecular formula is C40H46N4O5. The lowest BCUT2D eigenvalue weighted by atomic mass is 10.1. The van der Waals surface area contributed by atoms with Crippen LogP contribution in [-0.2, 0) is 0 Å². The molecule has 256 valence electrons. The van der Waals surface area contributed by atoms with Crippen molar-refractivity contribution in [3.63, 3.8) is 0 Å². The van der Waals surface area contributed by atoms with Crippen molar-refractivity contribution in [1.82, 2.24) is 10.2 Å². The minimum Gasteiger partial charge on any atom is -0.497 e. The zero-order valence-electron chi connectivity index (χ0n) is 28.6. The number of amides is 1. The number of ether oxygens (including phenoxy) is 2. The van der Waals surface area contributed by atoms with E-state index < -0.39 is 5.97 Å². The molecule has 2 saturated heterocycles. The number of methoxy groups -OCH3 is 2. The molecule has 2 heterocycles. The van der Waals surface area contributed by atoms with Gasteiger partial charge in [0, 0.05) is 30.0 Å². The molecule has 0 aromatic heterocycles. The Morgan fingerprint density at radius 3 is 1.53 bits per heavy atom. The molecule has 0 spiro atoms. The van der Waals surface area contributed by atoms with E-state index in [1.54, 1.807) is 26.4 Å². The molecule has 49 heavy (non-hydrogen) atoms. The molecule has 0 radical (unpaired) electrons. The van der Waals surface area contributed by atoms with E-state index in [1.165, 1.54) is 36.3 Å². The number of fused-ring (bicyclic) bond motifs is 2. The summed E-state index contributed by atoms with van der Waals surface area (Å²) in [5.41, 5.74) is 18.3. The summed E-state index contributed by atoms with van der Waals surface area (Å²) in [7, 11) is 3.40. The summed E-state index contributed by atoms with van der Waals surface area (Å²) < 4.78 is 10.4. The van der Waals surface area contributed by atoms with Gasteiger partial charge in [-0.2, -0.15) is 0 Å². The van der Waals surface area contributed by atoms with Gasteiger partial charge in [-0.05, 0) is 133 Å². The fourth-order valence-electron chi connectivity index (χ4n) is 7.48. The zero-order valence-corrected chi connectivity index (χ0v) is 28.6. The van der Waals surface area contributed by atoms with Crippen molar-refractivity contribution in [2.75, 3.05) is 51.9 Å². The number of carbonyl (C=O) groups excluding carboxylic acids is 1. The van der Waals surface area contributed by atoms with Crippen LogP contribution in [0.25, 0.3) is 0 Å². The first-order chi connectivity index (χ1) is 23.6. The molecule has 0 bridgehead atoms. The van der Waals surface area contributed by atoms with Crippen molar-refractivity contribution in [1.29, 1.82) is 0 Å². The van der Waals surface area contributed by atoms with Gasteiger partial charge >= 0.3 is 5.97 Å². The number of nitrogens with two attached hydrogens (primary N) is 2. The first-order valence-electron chi connectivity index (χ1n) is 16.8. The molecule has 4 aliphatic rings. The maximum absolute atomic E-state index is 12.7. The third-order valence-electron chi connectivity index (χ3n) is 10.6. The summed E-state index contributed by atoms with van der Waals surface area (Å²) in [6, 6.07) is 27.1. The lowest BCUT2D eigenvalue weighted by Crippen LogP contribution is -2.31. The number of nitrogens with zero attached hydrogens (tertiary/aromatic N) is 1. The quantitative estimate of drug-likeness (QED) is 0.185. The third kappa shape index (κ3) is 7.37. The highest BCUT2D eigenvalue weighted by Gasteiger charge is 2.57. The average Bonchev–Trinajstić information content (AvgIpc) is 3.82. The van der Waals surface area contributed by atoms with E-state index in [0.29, 0.717) is 34.7 Å². The Kier molecular flexibility index (Phi) is 9.83. The maximum atomic E-state index is 12.7. The van der Waals surface area contributed by atoms with Crippen molar-refractivity contribution >= 4 is 23.3 Å². The van der Waals surface area contributed by atoms with Gasteiger partial charge in [-0.3, -0.25) is 4.79 Å². The summed E-state index contributed by atoms with van der Waals surface area (Å²) in [6.45, 7) is 7.89. The smallest absolute Gasteiger partial charge is 0.335 e. The molecular weight excluding hydrogens is 616 g/mol. The molecule has 4 aromatic carbocycles. The molecule has 2 aliphatic carbocycles. The van der Waals surface area contributed by atoms with Crippen LogP contribution < -0.4 is 26.3 Å². The second kappa shape index (κ2) is 14.2. The van der Waals surface area contributed by atoms with Gasteiger partial charge in [0.25, 0.3) is 5.91 Å². The highest BCUT2D eigenvalue weighted by Crippen LogP contribution is 2.58. The van der Waals surface area contributed by atoms with Gasteiger partial charge in [0.2, 0.25) is 0 Å². The van der Waals surface area contributed by atoms with Gasteiger partial charge in [0.15, 0.2) is 0 Å². The molecule has 2 aliphatic heterocycles. The minimum absolute atomic E-state index is 0.0994. The highest BCUT2D eigenvalue weighted by atomic mass is 16.5. The minimum atomic E-state index is -0.947. The molecule has 4 aromatic rings. The second-order valence-corrected chi connectivity index (χ2v) is 13.6. The van der Waals surface area contributed by atoms with Gasteiger partial charge < -0.3 is 36.3 Å². The van der Waals surface area contributed by atoms with Gasteiger partial charge in [-0.25, -0.2) is 4.79 Å². The largest absolute Gasteiger partial charge is 0.497 e. The Bertz CT molecular complexity index is 1790. The highest BCUT2D eigenvalue weighted by molar-refractivity contribution is 5.95. The van der Waals surface area contributed by atoms with E-state index >= 15 is 0 Å². The van der Waals surface area contributed by atoms with Crippen LogP contribution in [0.5, 0.6) is 11.5 Å². The van der Waals surface area contributed by atoms with E-state index in [0.717, 1.165) is 53.5 Å². The molecule has 2 unspecified atom stereocenters. The number of carboxylic acids is 1. The van der Waals surface area contributed by atoms with Crippen LogP contribution in [0.1, 0.15) is 54.8 Å². The summed E-state index contributed by atoms with van der Waals surface area (Å²) in [4.78, 5) is 25.0. The number of likely N-dealkylation sites (tertiary alicyclic amines) is 1. The zero-order chi connectivity index (χ0) is 34.8. The summed E-state index contributed by atoms with van der Waals surface area (Å²) in [5, 5.41) is 12.0. The summed E-state index contributed by atoms with van der Waals surface area (Å²) in [5.74, 6) is 5.39. The number of anilines is 2. The Labute approximate surface area is 288 Å². The van der Waals surface area contributed by atoms with Crippen molar-refractivity contribution in [3.8, 4) is 11.5 Å². The molecule has 6 N–H and O–H groups in total. The Hall–Kier alpha value is -5.02. The van der Waals surface area contributed by atoms with Crippen LogP contribution in [0.15, 0.2) is 84.9 Å². The van der Waals surface area contributed by atoms with Crippen LogP contribution in [0.4, 0.5) is 11.4 Å². The van der Waals surface area contributed by atoms with Gasteiger partial charge in [0.05, 0.1) is 19.8 Å². The average molecular weight is 663 g/mol. The number of rotatable bonds is 6. The number of hydrogen-bond donors (Lipinski definition) is 4. The van der Waals surface area contributed by atoms with Crippen LogP contribution in [-0.4, -0.2) is 62.3 Å². The molecule has 6 atom stereocenters. The van der Waals surface area contributed by atoms with Gasteiger partial charge in [-0.15, -0.1) is 0 Å². The number of nitrogens with one attached hydrogen (secondary N) is 1. The van der Waals surface area contributed by atoms with E-state index in [1.807, 2.05) is 43.0 Å². The van der Waals surface area contributed by atoms with E-state index in [4.69, 9.17) is 26.0 Å². The lowest BCUT2D eigenvalue weighted by Gasteiger charge is -2.20. The summed E-state index contributed by atoms with van der Waals surface area (Å²) in [6.07, 6.45) is 0. The normalized spacial score (nSPS) is 23.9. The number of carbonyl (C=O) groups is 2. The Balaban J connectivity index is 0.000000141. The molecule has 8 rings (SSSR count). The second-order valence-electron chi connectivity index (χ2n) is 13.6. The van der Waals surface area contributed by atoms with Crippen LogP contribution in [0.2, 0.25) is 0 Å². The molecule has 4 fully saturated rings. The predicted octanol–water partition coefficient (Wildman–Crippen LogP) is 5.97. The molecule has 9 heteroatoms. The van der Waals surface area contributed by atoms with Crippen molar-refractivity contribution in [3.05, 3.63) is 118 Å². The third-order valence-corrected chi connectivity index (χ3v) is 10.6. The van der Waals surface area contributed by atoms with Gasteiger partial charge in [0.1, 0.15) is 11.5 Å². The standard InChI is InChI=1S/C20H22N2O2.C12H15NO.C8H9NO2/c1-12-3-4-14(9-18(12)21)20(23)22-10-16-17(11-22)19(16)13-5-7-15(24-2)8-6-13;1-14-9-4-2-8(3-5-9)12-10-6-13-7-11(10)12;1-5-2-3-6(8(10)11)4-7(5)9/h3-9,16-17,19H,10-11,21H2,1-2H3;2-5,10-13H,6-7H2,1H3;2-4H,9H2,1H3,(H,10,11)/t16-,17+,19?;10-,11+,12?;. The SMILES string of the molecule is COc1ccc(C2[C@H]3CN(C(=O)c4ccc(C)c(N)c4)C[C@@H]23)cc1.COc1ccc(C2[C@H]3CNC[C@@H]23)cc1.Cc1ccc(C(=O)O)cc1N. The fourth-order valence-corrected chi connectivity index (χ4v) is 7.48. The lowest BCUT2D eigenvalue weighted by molar-refractivity contribution is 0.0696. The molecule has 9 nitrogen and oxygen atoms in total. The number of benzene rings is 4.